The summed E-state index contributed by atoms with van der Waals surface area (Å²) in [6, 6.07) is 0. The van der Waals surface area contributed by atoms with Crippen molar-refractivity contribution in [2.45, 2.75) is 40.2 Å². The lowest BCUT2D eigenvalue weighted by molar-refractivity contribution is -0.185. The molecule has 0 aliphatic rings. The molecule has 0 fully saturated rings. The standard InChI is InChI=1S/C10H7Cl4F7O2/c1-3(2)4(22)23-6(17)8(12,19)10(14,21)9(13,20)7(11,18)5(15)16/h5-6H,1H2,2H3. The highest BCUT2D eigenvalue weighted by molar-refractivity contribution is 6.42. The smallest absolute Gasteiger partial charge is 0.335 e. The van der Waals surface area contributed by atoms with Gasteiger partial charge in [-0.1, -0.05) is 53.0 Å². The molecule has 0 rings (SSSR count). The van der Waals surface area contributed by atoms with Crippen LogP contribution in [0.25, 0.3) is 0 Å². The first-order chi connectivity index (χ1) is 9.94. The molecule has 2 nitrogen and oxygen atoms in total. The average Bonchev–Trinajstić information content (AvgIpc) is 2.37. The Morgan fingerprint density at radius 1 is 0.957 bits per heavy atom. The zero-order valence-electron chi connectivity index (χ0n) is 10.8. The number of ether oxygens (including phenoxy) is 1. The van der Waals surface area contributed by atoms with Gasteiger partial charge in [0, 0.05) is 5.57 Å². The number of rotatable bonds is 7. The maximum absolute atomic E-state index is 14.0. The minimum atomic E-state index is -5.28. The Kier molecular flexibility index (Phi) is 6.98. The normalized spacial score (nSPS) is 23.9. The van der Waals surface area contributed by atoms with Crippen molar-refractivity contribution in [1.29, 1.82) is 0 Å². The van der Waals surface area contributed by atoms with Crippen LogP contribution in [-0.2, 0) is 9.53 Å². The fourth-order valence-corrected chi connectivity index (χ4v) is 1.81. The van der Waals surface area contributed by atoms with Crippen molar-refractivity contribution in [3.05, 3.63) is 12.2 Å². The molecule has 23 heavy (non-hydrogen) atoms. The molecule has 13 heteroatoms. The Hall–Kier alpha value is -0.120. The SMILES string of the molecule is C=C(C)C(=O)OC(F)C(F)(Cl)C(F)(Cl)C(F)(Cl)C(F)(Cl)C(F)F. The molecule has 0 amide bonds. The Bertz CT molecular complexity index is 482. The second-order valence-corrected chi connectivity index (χ2v) is 6.34. The van der Waals surface area contributed by atoms with Crippen LogP contribution in [-0.4, -0.2) is 39.3 Å². The van der Waals surface area contributed by atoms with Crippen molar-refractivity contribution >= 4 is 52.4 Å². The lowest BCUT2D eigenvalue weighted by atomic mass is 10.0. The molecule has 0 aromatic rings. The van der Waals surface area contributed by atoms with Crippen LogP contribution in [0.1, 0.15) is 6.92 Å². The van der Waals surface area contributed by atoms with Crippen molar-refractivity contribution in [3.63, 3.8) is 0 Å². The molecule has 0 N–H and O–H groups in total. The highest BCUT2D eigenvalue weighted by atomic mass is 35.5. The van der Waals surface area contributed by atoms with Crippen LogP contribution >= 0.6 is 46.4 Å². The van der Waals surface area contributed by atoms with Gasteiger partial charge in [-0.3, -0.25) is 0 Å². The molecule has 0 spiro atoms. The number of carbonyl (C=O) groups is 1. The van der Waals surface area contributed by atoms with E-state index >= 15 is 0 Å². The van der Waals surface area contributed by atoms with Gasteiger partial charge in [0.25, 0.3) is 28.2 Å². The molecule has 0 heterocycles. The molecule has 0 aromatic heterocycles. The third-order valence-electron chi connectivity index (χ3n) is 2.35. The molecule has 5 unspecified atom stereocenters. The van der Waals surface area contributed by atoms with Gasteiger partial charge >= 0.3 is 11.1 Å². The summed E-state index contributed by atoms with van der Waals surface area (Å²) in [4.78, 5) is 11.0. The number of halogens is 11. The van der Waals surface area contributed by atoms with E-state index in [-0.39, 0.29) is 0 Å². The van der Waals surface area contributed by atoms with Gasteiger partial charge in [0.05, 0.1) is 0 Å². The summed E-state index contributed by atoms with van der Waals surface area (Å²) in [6.45, 7) is 3.90. The van der Waals surface area contributed by atoms with Crippen molar-refractivity contribution in [2.24, 2.45) is 0 Å². The van der Waals surface area contributed by atoms with Gasteiger partial charge < -0.3 is 4.74 Å². The lowest BCUT2D eigenvalue weighted by Gasteiger charge is -2.41. The van der Waals surface area contributed by atoms with Crippen molar-refractivity contribution in [1.82, 2.24) is 0 Å². The number of hydrogen-bond acceptors (Lipinski definition) is 2. The van der Waals surface area contributed by atoms with E-state index < -0.39 is 44.8 Å². The Labute approximate surface area is 145 Å². The maximum Gasteiger partial charge on any atom is 0.335 e. The molecule has 0 saturated carbocycles. The topological polar surface area (TPSA) is 26.3 Å². The van der Waals surface area contributed by atoms with Gasteiger partial charge in [0.15, 0.2) is 0 Å². The van der Waals surface area contributed by atoms with Crippen LogP contribution < -0.4 is 0 Å². The van der Waals surface area contributed by atoms with E-state index in [0.717, 1.165) is 6.92 Å². The van der Waals surface area contributed by atoms with Crippen LogP contribution in [0, 0.1) is 0 Å². The van der Waals surface area contributed by atoms with Crippen molar-refractivity contribution in [2.75, 3.05) is 0 Å². The van der Waals surface area contributed by atoms with Gasteiger partial charge in [0.2, 0.25) is 0 Å². The second-order valence-electron chi connectivity index (χ2n) is 4.20. The fraction of sp³-hybridized carbons (Fsp3) is 0.700. The average molecular weight is 434 g/mol. The van der Waals surface area contributed by atoms with E-state index in [1.807, 2.05) is 0 Å². The highest BCUT2D eigenvalue weighted by Gasteiger charge is 2.79. The van der Waals surface area contributed by atoms with Crippen LogP contribution in [0.3, 0.4) is 0 Å². The molecule has 0 bridgehead atoms. The van der Waals surface area contributed by atoms with Crippen molar-refractivity contribution < 1.29 is 40.3 Å². The van der Waals surface area contributed by atoms with Crippen LogP contribution in [0.4, 0.5) is 30.7 Å². The second kappa shape index (κ2) is 7.01. The molecule has 0 radical (unpaired) electrons. The molecule has 5 atom stereocenters. The first kappa shape index (κ1) is 22.9. The molecular weight excluding hydrogens is 427 g/mol. The molecular formula is C10H7Cl4F7O2. The fourth-order valence-electron chi connectivity index (χ4n) is 0.967. The Morgan fingerprint density at radius 2 is 1.30 bits per heavy atom. The quantitative estimate of drug-likeness (QED) is 0.236. The summed E-state index contributed by atoms with van der Waals surface area (Å²) >= 11 is 18.2. The minimum Gasteiger partial charge on any atom is -0.423 e. The summed E-state index contributed by atoms with van der Waals surface area (Å²) in [6.07, 6.45) is -8.42. The zero-order chi connectivity index (χ0) is 19.0. The van der Waals surface area contributed by atoms with E-state index in [9.17, 15) is 35.5 Å². The van der Waals surface area contributed by atoms with Gasteiger partial charge in [-0.05, 0) is 6.92 Å². The van der Waals surface area contributed by atoms with E-state index in [2.05, 4.69) is 57.7 Å². The predicted molar refractivity (Wildman–Crippen MR) is 70.6 cm³/mol. The zero-order valence-corrected chi connectivity index (χ0v) is 13.9. The molecule has 0 saturated heterocycles. The largest absolute Gasteiger partial charge is 0.423 e. The number of alkyl halides is 11. The minimum absolute atomic E-state index is 0.527. The third kappa shape index (κ3) is 3.93. The van der Waals surface area contributed by atoms with Gasteiger partial charge in [-0.15, -0.1) is 0 Å². The van der Waals surface area contributed by atoms with Crippen LogP contribution in [0.2, 0.25) is 0 Å². The maximum atomic E-state index is 14.0. The summed E-state index contributed by atoms with van der Waals surface area (Å²) in [5.74, 6) is -1.67. The third-order valence-corrected chi connectivity index (χ3v) is 4.57. The Balaban J connectivity index is 5.78. The first-order valence-electron chi connectivity index (χ1n) is 5.24. The predicted octanol–water partition coefficient (Wildman–Crippen LogP) is 5.28. The first-order valence-corrected chi connectivity index (χ1v) is 6.75. The summed E-state index contributed by atoms with van der Waals surface area (Å²) in [7, 11) is 0. The Morgan fingerprint density at radius 3 is 1.61 bits per heavy atom. The lowest BCUT2D eigenvalue weighted by Crippen LogP contribution is -2.65. The molecule has 0 aromatic carbocycles. The van der Waals surface area contributed by atoms with Gasteiger partial charge in [0.1, 0.15) is 0 Å². The monoisotopic (exact) mass is 432 g/mol. The number of carbonyl (C=O) groups excluding carboxylic acids is 1. The van der Waals surface area contributed by atoms with Crippen LogP contribution in [0.5, 0.6) is 0 Å². The number of esters is 1. The van der Waals surface area contributed by atoms with Crippen LogP contribution in [0.15, 0.2) is 12.2 Å². The summed E-state index contributed by atoms with van der Waals surface area (Å²) in [5.41, 5.74) is -0.527. The summed E-state index contributed by atoms with van der Waals surface area (Å²) in [5, 5.41) is -20.6. The van der Waals surface area contributed by atoms with E-state index in [0.29, 0.717) is 0 Å². The van der Waals surface area contributed by atoms with E-state index in [4.69, 9.17) is 0 Å². The van der Waals surface area contributed by atoms with Crippen molar-refractivity contribution in [3.8, 4) is 0 Å². The molecule has 0 aliphatic heterocycles. The van der Waals surface area contributed by atoms with Gasteiger partial charge in [-0.2, -0.15) is 4.39 Å². The summed E-state index contributed by atoms with van der Waals surface area (Å²) < 4.78 is 97.0. The molecule has 136 valence electrons. The van der Waals surface area contributed by atoms with E-state index in [1.165, 1.54) is 0 Å². The van der Waals surface area contributed by atoms with Gasteiger partial charge in [-0.25, -0.2) is 31.1 Å². The molecule has 0 aliphatic carbocycles. The highest BCUT2D eigenvalue weighted by Crippen LogP contribution is 2.59. The number of hydrogen-bond donors (Lipinski definition) is 0. The van der Waals surface area contributed by atoms with E-state index in [1.54, 1.807) is 0 Å².